The van der Waals surface area contributed by atoms with Gasteiger partial charge < -0.3 is 4.74 Å². The summed E-state index contributed by atoms with van der Waals surface area (Å²) in [6.45, 7) is 0.889. The van der Waals surface area contributed by atoms with Crippen LogP contribution in [0.5, 0.6) is 5.75 Å². The number of hydrogen-bond donors (Lipinski definition) is 0. The topological polar surface area (TPSA) is 9.23 Å². The van der Waals surface area contributed by atoms with Gasteiger partial charge in [0.05, 0.1) is 0 Å². The summed E-state index contributed by atoms with van der Waals surface area (Å²) < 4.78 is 128. The summed E-state index contributed by atoms with van der Waals surface area (Å²) in [5.41, 5.74) is -8.35. The summed E-state index contributed by atoms with van der Waals surface area (Å²) in [6, 6.07) is 0.371. The van der Waals surface area contributed by atoms with E-state index < -0.39 is 41.3 Å². The normalized spacial score (nSPS) is 14.1. The Morgan fingerprint density at radius 1 is 0.727 bits per heavy atom. The van der Waals surface area contributed by atoms with Crippen LogP contribution in [0.2, 0.25) is 0 Å². The van der Waals surface area contributed by atoms with E-state index in [-0.39, 0.29) is 12.1 Å². The summed E-state index contributed by atoms with van der Waals surface area (Å²) in [5, 5.41) is 0. The van der Waals surface area contributed by atoms with Crippen molar-refractivity contribution in [2.45, 2.75) is 31.3 Å². The maximum atomic E-state index is 13.7. The molecule has 0 aliphatic heterocycles. The van der Waals surface area contributed by atoms with Gasteiger partial charge in [-0.1, -0.05) is 6.07 Å². The quantitative estimate of drug-likeness (QED) is 0.672. The number of ether oxygens (including phenoxy) is 1. The molecule has 11 heteroatoms. The van der Waals surface area contributed by atoms with Gasteiger partial charge in [-0.25, -0.2) is 4.39 Å². The van der Waals surface area contributed by atoms with Gasteiger partial charge in [-0.15, -0.1) is 13.2 Å². The minimum Gasteiger partial charge on any atom is -0.406 e. The van der Waals surface area contributed by atoms with Gasteiger partial charge in [-0.3, -0.25) is 0 Å². The molecule has 0 saturated carbocycles. The van der Waals surface area contributed by atoms with E-state index in [1.54, 1.807) is 0 Å². The molecule has 0 N–H and O–H groups in total. The Hall–Kier alpha value is -1.68. The van der Waals surface area contributed by atoms with Crippen LogP contribution in [0.25, 0.3) is 0 Å². The zero-order valence-corrected chi connectivity index (χ0v) is 10.4. The van der Waals surface area contributed by atoms with Crippen molar-refractivity contribution >= 4 is 0 Å². The molecule has 0 spiro atoms. The monoisotopic (exact) mass is 344 g/mol. The number of alkyl halides is 10. The molecule has 0 saturated heterocycles. The van der Waals surface area contributed by atoms with Crippen LogP contribution in [-0.2, 0) is 5.67 Å². The van der Waals surface area contributed by atoms with Gasteiger partial charge >= 0.3 is 24.4 Å². The molecular weight excluding hydrogens is 338 g/mol. The second-order valence-corrected chi connectivity index (χ2v) is 4.24. The summed E-state index contributed by atoms with van der Waals surface area (Å²) in [7, 11) is 0. The van der Waals surface area contributed by atoms with Crippen molar-refractivity contribution in [3.63, 3.8) is 0 Å². The smallest absolute Gasteiger partial charge is 0.406 e. The fraction of sp³-hybridized carbons (Fsp3) is 0.455. The third-order valence-corrected chi connectivity index (χ3v) is 2.46. The van der Waals surface area contributed by atoms with E-state index in [0.717, 1.165) is 6.92 Å². The van der Waals surface area contributed by atoms with Crippen LogP contribution in [0.15, 0.2) is 18.2 Å². The Kier molecular flexibility index (Phi) is 4.34. The molecule has 0 aliphatic rings. The molecule has 0 aliphatic carbocycles. The summed E-state index contributed by atoms with van der Waals surface area (Å²) >= 11 is 0. The van der Waals surface area contributed by atoms with Crippen molar-refractivity contribution in [2.24, 2.45) is 0 Å². The Morgan fingerprint density at radius 3 is 1.55 bits per heavy atom. The number of halogens is 10. The van der Waals surface area contributed by atoms with Gasteiger partial charge in [0.25, 0.3) is 0 Å². The first-order chi connectivity index (χ1) is 9.58. The zero-order valence-electron chi connectivity index (χ0n) is 10.4. The molecule has 22 heavy (non-hydrogen) atoms. The lowest BCUT2D eigenvalue weighted by Crippen LogP contribution is -2.50. The van der Waals surface area contributed by atoms with Crippen LogP contribution >= 0.6 is 0 Å². The van der Waals surface area contributed by atoms with Crippen LogP contribution in [0, 0.1) is 6.92 Å². The number of aryl methyl sites for hydroxylation is 1. The molecule has 0 aromatic heterocycles. The van der Waals surface area contributed by atoms with Gasteiger partial charge in [0.15, 0.2) is 0 Å². The van der Waals surface area contributed by atoms with Crippen LogP contribution in [-0.4, -0.2) is 18.7 Å². The van der Waals surface area contributed by atoms with Crippen molar-refractivity contribution in [1.29, 1.82) is 0 Å². The number of hydrogen-bond acceptors (Lipinski definition) is 1. The SMILES string of the molecule is Cc1cc(OC(F)(F)F)cc(C(F)(C(F)(F)F)C(F)(F)F)c1. The van der Waals surface area contributed by atoms with Gasteiger partial charge in [-0.05, 0) is 24.6 Å². The van der Waals surface area contributed by atoms with Gasteiger partial charge in [0, 0.05) is 5.56 Å². The maximum Gasteiger partial charge on any atom is 0.573 e. The first kappa shape index (κ1) is 18.4. The lowest BCUT2D eigenvalue weighted by Gasteiger charge is -2.30. The third-order valence-electron chi connectivity index (χ3n) is 2.46. The molecule has 0 radical (unpaired) electrons. The zero-order chi connectivity index (χ0) is 17.6. The molecule has 126 valence electrons. The Morgan fingerprint density at radius 2 is 1.18 bits per heavy atom. The highest BCUT2D eigenvalue weighted by molar-refractivity contribution is 5.39. The average molecular weight is 344 g/mol. The molecule has 0 amide bonds. The van der Waals surface area contributed by atoms with Crippen molar-refractivity contribution < 1.29 is 48.6 Å². The molecule has 0 bridgehead atoms. The van der Waals surface area contributed by atoms with Crippen LogP contribution in [0.4, 0.5) is 43.9 Å². The summed E-state index contributed by atoms with van der Waals surface area (Å²) in [4.78, 5) is 0. The van der Waals surface area contributed by atoms with Crippen LogP contribution < -0.4 is 4.74 Å². The van der Waals surface area contributed by atoms with Crippen molar-refractivity contribution in [1.82, 2.24) is 0 Å². The van der Waals surface area contributed by atoms with E-state index in [0.29, 0.717) is 6.07 Å². The molecule has 0 atom stereocenters. The Bertz CT molecular complexity index is 525. The molecule has 1 nitrogen and oxygen atoms in total. The molecule has 1 rings (SSSR count). The minimum atomic E-state index is -6.42. The van der Waals surface area contributed by atoms with E-state index in [1.807, 2.05) is 0 Å². The lowest BCUT2D eigenvalue weighted by atomic mass is 9.92. The molecule has 1 aromatic carbocycles. The maximum absolute atomic E-state index is 13.7. The average Bonchev–Trinajstić information content (AvgIpc) is 2.21. The highest BCUT2D eigenvalue weighted by atomic mass is 19.4. The van der Waals surface area contributed by atoms with Gasteiger partial charge in [0.2, 0.25) is 0 Å². The lowest BCUT2D eigenvalue weighted by molar-refractivity contribution is -0.348. The summed E-state index contributed by atoms with van der Waals surface area (Å²) in [6.07, 6.45) is -18.2. The first-order valence-corrected chi connectivity index (χ1v) is 5.28. The predicted octanol–water partition coefficient (Wildman–Crippen LogP) is 5.18. The fourth-order valence-corrected chi connectivity index (χ4v) is 1.63. The largest absolute Gasteiger partial charge is 0.573 e. The first-order valence-electron chi connectivity index (χ1n) is 5.28. The molecular formula is C11H6F10O. The standard InChI is InChI=1S/C11H6F10O/c1-5-2-6(4-7(3-5)22-11(19,20)21)8(12,9(13,14)15)10(16,17)18/h2-4H,1H3. The fourth-order valence-electron chi connectivity index (χ4n) is 1.63. The van der Waals surface area contributed by atoms with E-state index >= 15 is 0 Å². The second kappa shape index (κ2) is 5.20. The van der Waals surface area contributed by atoms with Crippen LogP contribution in [0.1, 0.15) is 11.1 Å². The highest BCUT2D eigenvalue weighted by Crippen LogP contribution is 2.53. The summed E-state index contributed by atoms with van der Waals surface area (Å²) in [5.74, 6) is -1.39. The van der Waals surface area contributed by atoms with Crippen molar-refractivity contribution in [3.05, 3.63) is 29.3 Å². The van der Waals surface area contributed by atoms with Gasteiger partial charge in [0.1, 0.15) is 5.75 Å². The Labute approximate surface area is 116 Å². The Balaban J connectivity index is 3.52. The predicted molar refractivity (Wildman–Crippen MR) is 52.8 cm³/mol. The van der Waals surface area contributed by atoms with E-state index in [4.69, 9.17) is 0 Å². The third kappa shape index (κ3) is 3.55. The highest BCUT2D eigenvalue weighted by Gasteiger charge is 2.73. The minimum absolute atomic E-state index is 0.143. The van der Waals surface area contributed by atoms with E-state index in [9.17, 15) is 43.9 Å². The second-order valence-electron chi connectivity index (χ2n) is 4.24. The van der Waals surface area contributed by atoms with Crippen LogP contribution in [0.3, 0.4) is 0 Å². The molecule has 1 aromatic rings. The van der Waals surface area contributed by atoms with Crippen molar-refractivity contribution in [3.8, 4) is 5.75 Å². The van der Waals surface area contributed by atoms with Crippen molar-refractivity contribution in [2.75, 3.05) is 0 Å². The van der Waals surface area contributed by atoms with E-state index in [1.165, 1.54) is 0 Å². The number of rotatable bonds is 2. The van der Waals surface area contributed by atoms with Gasteiger partial charge in [-0.2, -0.15) is 26.3 Å². The molecule has 0 fully saturated rings. The number of benzene rings is 1. The molecule has 0 heterocycles. The van der Waals surface area contributed by atoms with E-state index in [2.05, 4.69) is 4.74 Å². The molecule has 0 unspecified atom stereocenters.